The molecule has 1 aliphatic rings. The molecule has 0 N–H and O–H groups in total. The molecule has 0 spiro atoms. The number of rotatable bonds is 3. The molecule has 0 bridgehead atoms. The minimum absolute atomic E-state index is 0.110. The lowest BCUT2D eigenvalue weighted by Gasteiger charge is -2.34. The van der Waals surface area contributed by atoms with Gasteiger partial charge in [0.15, 0.2) is 0 Å². The molecule has 3 nitrogen and oxygen atoms in total. The van der Waals surface area contributed by atoms with E-state index in [2.05, 4.69) is 29.8 Å². The molecule has 0 aromatic rings. The largest absolute Gasteiger partial charge is 0.374 e. The number of nitrogens with zero attached hydrogens (tertiary/aromatic N) is 1. The average molecular weight is 278 g/mol. The number of hydrogen-bond donors (Lipinski definition) is 0. The van der Waals surface area contributed by atoms with E-state index in [4.69, 9.17) is 4.74 Å². The number of carbonyl (C=O) groups is 1. The van der Waals surface area contributed by atoms with Crippen LogP contribution in [0.25, 0.3) is 0 Å². The van der Waals surface area contributed by atoms with Crippen LogP contribution in [0.4, 0.5) is 0 Å². The molecule has 1 amide bonds. The van der Waals surface area contributed by atoms with Gasteiger partial charge in [-0.05, 0) is 5.92 Å². The second-order valence-corrected chi connectivity index (χ2v) is 5.11. The second kappa shape index (κ2) is 5.85. The van der Waals surface area contributed by atoms with Gasteiger partial charge in [-0.3, -0.25) is 4.79 Å². The van der Waals surface area contributed by atoms with Crippen LogP contribution in [0.2, 0.25) is 0 Å². The number of amides is 1. The van der Waals surface area contributed by atoms with Crippen LogP contribution in [0, 0.1) is 11.8 Å². The summed E-state index contributed by atoms with van der Waals surface area (Å²) in [6, 6.07) is 0. The van der Waals surface area contributed by atoms with Gasteiger partial charge in [0.2, 0.25) is 5.91 Å². The first-order valence-corrected chi connectivity index (χ1v) is 6.64. The van der Waals surface area contributed by atoms with Crippen LogP contribution in [0.3, 0.4) is 0 Å². The molecule has 88 valence electrons. The van der Waals surface area contributed by atoms with Crippen molar-refractivity contribution in [2.45, 2.75) is 26.9 Å². The molecule has 1 saturated heterocycles. The van der Waals surface area contributed by atoms with E-state index in [0.29, 0.717) is 12.5 Å². The minimum Gasteiger partial charge on any atom is -0.374 e. The maximum absolute atomic E-state index is 12.1. The average Bonchev–Trinajstić information content (AvgIpc) is 2.27. The molecule has 2 unspecified atom stereocenters. The van der Waals surface area contributed by atoms with Gasteiger partial charge >= 0.3 is 0 Å². The Hall–Kier alpha value is -0.0900. The van der Waals surface area contributed by atoms with Gasteiger partial charge in [-0.15, -0.1) is 0 Å². The molecular weight excluding hydrogens is 258 g/mol. The monoisotopic (exact) mass is 277 g/mol. The molecule has 1 fully saturated rings. The first-order chi connectivity index (χ1) is 7.06. The predicted octanol–water partition coefficient (Wildman–Crippen LogP) is 1.90. The van der Waals surface area contributed by atoms with Crippen molar-refractivity contribution in [3.05, 3.63) is 0 Å². The number of ether oxygens (including phenoxy) is 1. The molecule has 4 heteroatoms. The zero-order valence-electron chi connectivity index (χ0n) is 9.70. The van der Waals surface area contributed by atoms with Gasteiger partial charge in [0.05, 0.1) is 12.7 Å². The van der Waals surface area contributed by atoms with E-state index in [1.54, 1.807) is 0 Å². The lowest BCUT2D eigenvalue weighted by molar-refractivity contribution is -0.143. The fourth-order valence-corrected chi connectivity index (χ4v) is 1.98. The fourth-order valence-electron chi connectivity index (χ4n) is 1.59. The highest BCUT2D eigenvalue weighted by Gasteiger charge is 2.27. The summed E-state index contributed by atoms with van der Waals surface area (Å²) in [4.78, 5) is 14.0. The predicted molar refractivity (Wildman–Crippen MR) is 64.1 cm³/mol. The summed E-state index contributed by atoms with van der Waals surface area (Å²) in [7, 11) is 0. The van der Waals surface area contributed by atoms with Gasteiger partial charge in [-0.1, -0.05) is 36.7 Å². The van der Waals surface area contributed by atoms with Crippen molar-refractivity contribution in [3.63, 3.8) is 0 Å². The van der Waals surface area contributed by atoms with Crippen LogP contribution >= 0.6 is 15.9 Å². The van der Waals surface area contributed by atoms with E-state index in [1.165, 1.54) is 0 Å². The molecule has 0 radical (unpaired) electrons. The van der Waals surface area contributed by atoms with E-state index in [1.807, 2.05) is 11.8 Å². The minimum atomic E-state index is 0.110. The summed E-state index contributed by atoms with van der Waals surface area (Å²) in [6.07, 6.45) is 0.155. The molecule has 1 rings (SSSR count). The van der Waals surface area contributed by atoms with Crippen LogP contribution in [-0.2, 0) is 9.53 Å². The summed E-state index contributed by atoms with van der Waals surface area (Å²) < 4.78 is 5.51. The lowest BCUT2D eigenvalue weighted by atomic mass is 9.96. The van der Waals surface area contributed by atoms with Crippen molar-refractivity contribution < 1.29 is 9.53 Å². The Bertz CT molecular complexity index is 221. The van der Waals surface area contributed by atoms with Crippen molar-refractivity contribution >= 4 is 21.8 Å². The smallest absolute Gasteiger partial charge is 0.225 e. The first kappa shape index (κ1) is 13.0. The Kier molecular flexibility index (Phi) is 5.06. The molecule has 2 atom stereocenters. The zero-order valence-corrected chi connectivity index (χ0v) is 11.3. The third-order valence-electron chi connectivity index (χ3n) is 3.01. The maximum atomic E-state index is 12.1. The van der Waals surface area contributed by atoms with Gasteiger partial charge in [-0.25, -0.2) is 0 Å². The Morgan fingerprint density at radius 1 is 1.53 bits per heavy atom. The van der Waals surface area contributed by atoms with Crippen LogP contribution in [-0.4, -0.2) is 41.9 Å². The fraction of sp³-hybridized carbons (Fsp3) is 0.909. The van der Waals surface area contributed by atoms with Gasteiger partial charge in [0.1, 0.15) is 0 Å². The maximum Gasteiger partial charge on any atom is 0.225 e. The number of halogens is 1. The Balaban J connectivity index is 2.52. The summed E-state index contributed by atoms with van der Waals surface area (Å²) in [5.41, 5.74) is 0. The standard InChI is InChI=1S/C11H20BrNO2/c1-8(2)9(3)11(14)13-4-5-15-10(6-12)7-13/h8-10H,4-7H2,1-3H3. The molecule has 1 aliphatic heterocycles. The number of hydrogen-bond acceptors (Lipinski definition) is 2. The summed E-state index contributed by atoms with van der Waals surface area (Å²) in [6.45, 7) is 8.30. The SMILES string of the molecule is CC(C)C(C)C(=O)N1CCOC(CBr)C1. The van der Waals surface area contributed by atoms with Crippen molar-refractivity contribution in [2.24, 2.45) is 11.8 Å². The van der Waals surface area contributed by atoms with E-state index in [9.17, 15) is 4.79 Å². The molecule has 0 aliphatic carbocycles. The quantitative estimate of drug-likeness (QED) is 0.738. The molecule has 0 saturated carbocycles. The van der Waals surface area contributed by atoms with E-state index in [-0.39, 0.29) is 17.9 Å². The Morgan fingerprint density at radius 3 is 2.73 bits per heavy atom. The van der Waals surface area contributed by atoms with Crippen molar-refractivity contribution in [1.82, 2.24) is 4.90 Å². The van der Waals surface area contributed by atoms with Crippen molar-refractivity contribution in [3.8, 4) is 0 Å². The summed E-state index contributed by atoms with van der Waals surface area (Å²) >= 11 is 3.39. The normalized spacial score (nSPS) is 24.3. The molecule has 1 heterocycles. The first-order valence-electron chi connectivity index (χ1n) is 5.52. The van der Waals surface area contributed by atoms with E-state index in [0.717, 1.165) is 18.4 Å². The van der Waals surface area contributed by atoms with Crippen LogP contribution in [0.5, 0.6) is 0 Å². The highest BCUT2D eigenvalue weighted by molar-refractivity contribution is 9.09. The molecule has 15 heavy (non-hydrogen) atoms. The van der Waals surface area contributed by atoms with Gasteiger partial charge in [-0.2, -0.15) is 0 Å². The third kappa shape index (κ3) is 3.45. The Morgan fingerprint density at radius 2 is 2.20 bits per heavy atom. The number of alkyl halides is 1. The van der Waals surface area contributed by atoms with Crippen LogP contribution in [0.15, 0.2) is 0 Å². The number of carbonyl (C=O) groups excluding carboxylic acids is 1. The van der Waals surface area contributed by atoms with Crippen LogP contribution < -0.4 is 0 Å². The molecule has 0 aromatic heterocycles. The summed E-state index contributed by atoms with van der Waals surface area (Å²) in [5, 5.41) is 0.798. The third-order valence-corrected chi connectivity index (χ3v) is 3.73. The second-order valence-electron chi connectivity index (χ2n) is 4.46. The van der Waals surface area contributed by atoms with Crippen LogP contribution in [0.1, 0.15) is 20.8 Å². The van der Waals surface area contributed by atoms with Crippen molar-refractivity contribution in [2.75, 3.05) is 25.0 Å². The zero-order chi connectivity index (χ0) is 11.4. The van der Waals surface area contributed by atoms with Crippen molar-refractivity contribution in [1.29, 1.82) is 0 Å². The Labute approximate surface area is 100 Å². The number of morpholine rings is 1. The highest BCUT2D eigenvalue weighted by atomic mass is 79.9. The van der Waals surface area contributed by atoms with Gasteiger partial charge in [0, 0.05) is 24.3 Å². The van der Waals surface area contributed by atoms with Gasteiger partial charge in [0.25, 0.3) is 0 Å². The molecular formula is C11H20BrNO2. The topological polar surface area (TPSA) is 29.5 Å². The van der Waals surface area contributed by atoms with E-state index >= 15 is 0 Å². The van der Waals surface area contributed by atoms with Gasteiger partial charge < -0.3 is 9.64 Å². The summed E-state index contributed by atoms with van der Waals surface area (Å²) in [5.74, 6) is 0.779. The highest BCUT2D eigenvalue weighted by Crippen LogP contribution is 2.16. The van der Waals surface area contributed by atoms with E-state index < -0.39 is 0 Å². The molecule has 0 aromatic carbocycles. The lowest BCUT2D eigenvalue weighted by Crippen LogP contribution is -2.48.